The number of nitrogens with two attached hydrogens (primary N) is 2. The van der Waals surface area contributed by atoms with Gasteiger partial charge in [-0.3, -0.25) is 19.3 Å². The van der Waals surface area contributed by atoms with E-state index in [1.54, 1.807) is 13.0 Å². The Morgan fingerprint density at radius 3 is 2.47 bits per heavy atom. The summed E-state index contributed by atoms with van der Waals surface area (Å²) in [6, 6.07) is 4.66. The van der Waals surface area contributed by atoms with Crippen LogP contribution in [0.25, 0.3) is 0 Å². The largest absolute Gasteiger partial charge is 0.395 e. The molecule has 1 atom stereocenters. The van der Waals surface area contributed by atoms with Crippen LogP contribution in [0.4, 0.5) is 15.8 Å². The summed E-state index contributed by atoms with van der Waals surface area (Å²) in [4.78, 5) is 38.7. The molecule has 5 N–H and O–H groups in total. The number of rotatable bonds is 9. The fourth-order valence-corrected chi connectivity index (χ4v) is 3.63. The Hall–Kier alpha value is -3.01. The third-order valence-electron chi connectivity index (χ3n) is 4.51. The van der Waals surface area contributed by atoms with Gasteiger partial charge in [0.2, 0.25) is 5.91 Å². The topological polar surface area (TPSA) is 131 Å². The van der Waals surface area contributed by atoms with Crippen molar-refractivity contribution in [1.29, 1.82) is 0 Å². The standard InChI is InChI=1S/C20H26FN5O3S/c1-4-13(19(28)24-10-9-11(2)3)26(14-8-6-5-7-12(14)21)20(29)17-15(22)16(18(23)27)25-30-17/h5-8,11,13H,4,9-10,22H2,1-3H3,(H2,23,27)(H,24,28)/t13-/m0/s1. The van der Waals surface area contributed by atoms with E-state index in [9.17, 15) is 18.8 Å². The monoisotopic (exact) mass is 435 g/mol. The number of nitrogen functional groups attached to an aromatic ring is 1. The Kier molecular flexibility index (Phi) is 7.87. The number of nitrogens with one attached hydrogen (secondary N) is 1. The van der Waals surface area contributed by atoms with Crippen molar-refractivity contribution < 1.29 is 18.8 Å². The summed E-state index contributed by atoms with van der Waals surface area (Å²) < 4.78 is 18.5. The fraction of sp³-hybridized carbons (Fsp3) is 0.400. The summed E-state index contributed by atoms with van der Waals surface area (Å²) in [6.07, 6.45) is 0.995. The molecule has 30 heavy (non-hydrogen) atoms. The summed E-state index contributed by atoms with van der Waals surface area (Å²) in [5.74, 6) is -2.29. The molecule has 0 unspecified atom stereocenters. The van der Waals surface area contributed by atoms with Crippen LogP contribution >= 0.6 is 11.5 Å². The van der Waals surface area contributed by atoms with E-state index in [4.69, 9.17) is 11.5 Å². The van der Waals surface area contributed by atoms with Crippen molar-refractivity contribution >= 4 is 40.6 Å². The van der Waals surface area contributed by atoms with Gasteiger partial charge in [0.1, 0.15) is 16.7 Å². The van der Waals surface area contributed by atoms with Gasteiger partial charge < -0.3 is 16.8 Å². The number of amides is 3. The zero-order valence-electron chi connectivity index (χ0n) is 17.1. The van der Waals surface area contributed by atoms with Crippen molar-refractivity contribution in [3.63, 3.8) is 0 Å². The van der Waals surface area contributed by atoms with E-state index in [2.05, 4.69) is 9.69 Å². The van der Waals surface area contributed by atoms with Gasteiger partial charge in [0.25, 0.3) is 11.8 Å². The molecule has 1 aromatic carbocycles. The lowest BCUT2D eigenvalue weighted by molar-refractivity contribution is -0.122. The maximum absolute atomic E-state index is 14.6. The number of anilines is 2. The molecule has 0 fully saturated rings. The molecular weight excluding hydrogens is 409 g/mol. The average molecular weight is 436 g/mol. The van der Waals surface area contributed by atoms with E-state index in [-0.39, 0.29) is 28.4 Å². The van der Waals surface area contributed by atoms with Gasteiger partial charge in [-0.1, -0.05) is 32.9 Å². The SMILES string of the molecule is CC[C@@H](C(=O)NCCC(C)C)N(C(=O)c1snc(C(N)=O)c1N)c1ccccc1F. The van der Waals surface area contributed by atoms with Crippen molar-refractivity contribution in [2.24, 2.45) is 11.7 Å². The van der Waals surface area contributed by atoms with Gasteiger partial charge in [0.15, 0.2) is 5.69 Å². The van der Waals surface area contributed by atoms with Crippen LogP contribution in [0.1, 0.15) is 53.8 Å². The second-order valence-corrected chi connectivity index (χ2v) is 7.94. The zero-order chi connectivity index (χ0) is 22.4. The highest BCUT2D eigenvalue weighted by atomic mass is 32.1. The molecule has 0 saturated carbocycles. The van der Waals surface area contributed by atoms with Crippen LogP contribution in [0, 0.1) is 11.7 Å². The molecule has 2 aromatic rings. The van der Waals surface area contributed by atoms with Gasteiger partial charge in [0.05, 0.1) is 11.4 Å². The Balaban J connectivity index is 2.47. The van der Waals surface area contributed by atoms with Crippen LogP contribution in [-0.2, 0) is 4.79 Å². The van der Waals surface area contributed by atoms with Gasteiger partial charge in [0, 0.05) is 6.54 Å². The maximum atomic E-state index is 14.6. The van der Waals surface area contributed by atoms with Crippen molar-refractivity contribution in [1.82, 2.24) is 9.69 Å². The first-order valence-corrected chi connectivity index (χ1v) is 10.4. The van der Waals surface area contributed by atoms with Crippen LogP contribution in [0.15, 0.2) is 24.3 Å². The van der Waals surface area contributed by atoms with Crippen LogP contribution < -0.4 is 21.7 Å². The fourth-order valence-electron chi connectivity index (χ4n) is 2.89. The number of para-hydroxylation sites is 1. The number of aromatic nitrogens is 1. The minimum atomic E-state index is -0.986. The molecular formula is C20H26FN5O3S. The molecule has 0 aliphatic carbocycles. The lowest BCUT2D eigenvalue weighted by atomic mass is 10.1. The van der Waals surface area contributed by atoms with Crippen molar-refractivity contribution in [3.05, 3.63) is 40.7 Å². The second kappa shape index (κ2) is 10.1. The zero-order valence-corrected chi connectivity index (χ0v) is 18.0. The lowest BCUT2D eigenvalue weighted by Crippen LogP contribution is -2.50. The van der Waals surface area contributed by atoms with E-state index in [0.29, 0.717) is 24.0 Å². The summed E-state index contributed by atoms with van der Waals surface area (Å²) in [5, 5.41) is 2.81. The Bertz CT molecular complexity index is 931. The van der Waals surface area contributed by atoms with Crippen LogP contribution in [0.2, 0.25) is 0 Å². The molecule has 1 aromatic heterocycles. The van der Waals surface area contributed by atoms with Crippen molar-refractivity contribution in [3.8, 4) is 0 Å². The molecule has 0 radical (unpaired) electrons. The highest BCUT2D eigenvalue weighted by molar-refractivity contribution is 7.09. The van der Waals surface area contributed by atoms with E-state index in [1.807, 2.05) is 13.8 Å². The second-order valence-electron chi connectivity index (χ2n) is 7.16. The van der Waals surface area contributed by atoms with E-state index >= 15 is 0 Å². The minimum Gasteiger partial charge on any atom is -0.395 e. The quantitative estimate of drug-likeness (QED) is 0.557. The number of primary amides is 1. The van der Waals surface area contributed by atoms with E-state index in [0.717, 1.165) is 11.3 Å². The maximum Gasteiger partial charge on any atom is 0.272 e. The summed E-state index contributed by atoms with van der Waals surface area (Å²) >= 11 is 0.682. The lowest BCUT2D eigenvalue weighted by Gasteiger charge is -2.30. The molecule has 0 bridgehead atoms. The summed E-state index contributed by atoms with van der Waals surface area (Å²) in [5.41, 5.74) is 10.6. The number of hydrogen-bond donors (Lipinski definition) is 3. The van der Waals surface area contributed by atoms with Crippen molar-refractivity contribution in [2.45, 2.75) is 39.7 Å². The summed E-state index contributed by atoms with van der Waals surface area (Å²) in [7, 11) is 0. The molecule has 2 rings (SSSR count). The van der Waals surface area contributed by atoms with Gasteiger partial charge in [-0.25, -0.2) is 4.39 Å². The van der Waals surface area contributed by atoms with Crippen LogP contribution in [-0.4, -0.2) is 34.7 Å². The first-order chi connectivity index (χ1) is 14.2. The minimum absolute atomic E-state index is 0.0678. The molecule has 8 nitrogen and oxygen atoms in total. The van der Waals surface area contributed by atoms with E-state index in [1.165, 1.54) is 18.2 Å². The third-order valence-corrected chi connectivity index (χ3v) is 5.36. The molecule has 0 saturated heterocycles. The molecule has 3 amide bonds. The molecule has 162 valence electrons. The highest BCUT2D eigenvalue weighted by Crippen LogP contribution is 2.29. The van der Waals surface area contributed by atoms with Crippen molar-refractivity contribution in [2.75, 3.05) is 17.2 Å². The molecule has 0 aliphatic heterocycles. The number of nitrogens with zero attached hydrogens (tertiary/aromatic N) is 2. The normalized spacial score (nSPS) is 11.9. The third kappa shape index (κ3) is 5.12. The molecule has 0 aliphatic rings. The smallest absolute Gasteiger partial charge is 0.272 e. The number of benzene rings is 1. The Morgan fingerprint density at radius 2 is 1.93 bits per heavy atom. The number of halogens is 1. The molecule has 0 spiro atoms. The summed E-state index contributed by atoms with van der Waals surface area (Å²) in [6.45, 7) is 6.21. The van der Waals surface area contributed by atoms with Gasteiger partial charge in [-0.05, 0) is 42.4 Å². The van der Waals surface area contributed by atoms with Gasteiger partial charge in [-0.2, -0.15) is 4.37 Å². The number of carbonyl (C=O) groups is 3. The number of carbonyl (C=O) groups excluding carboxylic acids is 3. The highest BCUT2D eigenvalue weighted by Gasteiger charge is 2.35. The first-order valence-electron chi connectivity index (χ1n) is 9.59. The van der Waals surface area contributed by atoms with Crippen LogP contribution in [0.3, 0.4) is 0 Å². The van der Waals surface area contributed by atoms with E-state index < -0.39 is 29.6 Å². The first kappa shape index (κ1) is 23.3. The molecule has 10 heteroatoms. The predicted molar refractivity (Wildman–Crippen MR) is 115 cm³/mol. The Morgan fingerprint density at radius 1 is 1.27 bits per heavy atom. The molecule has 1 heterocycles. The number of hydrogen-bond acceptors (Lipinski definition) is 6. The van der Waals surface area contributed by atoms with Gasteiger partial charge >= 0.3 is 0 Å². The van der Waals surface area contributed by atoms with Gasteiger partial charge in [-0.15, -0.1) is 0 Å². The van der Waals surface area contributed by atoms with Crippen LogP contribution in [0.5, 0.6) is 0 Å². The average Bonchev–Trinajstić information content (AvgIpc) is 3.07. The Labute approximate surface area is 178 Å². The predicted octanol–water partition coefficient (Wildman–Crippen LogP) is 2.55.